The summed E-state index contributed by atoms with van der Waals surface area (Å²) in [4.78, 5) is 11.4. The third kappa shape index (κ3) is 3.67. The normalized spacial score (nSPS) is 56.5. The molecule has 4 saturated carbocycles. The summed E-state index contributed by atoms with van der Waals surface area (Å²) >= 11 is 0. The van der Waals surface area contributed by atoms with Gasteiger partial charge in [-0.1, -0.05) is 13.8 Å². The van der Waals surface area contributed by atoms with Crippen LogP contribution in [0.4, 0.5) is 0 Å². The molecule has 0 aromatic heterocycles. The van der Waals surface area contributed by atoms with Gasteiger partial charge in [-0.15, -0.1) is 0 Å². The van der Waals surface area contributed by atoms with Crippen molar-refractivity contribution in [3.8, 4) is 0 Å². The van der Waals surface area contributed by atoms with E-state index in [-0.39, 0.29) is 23.0 Å². The number of aliphatic hydroxyl groups is 4. The lowest BCUT2D eigenvalue weighted by molar-refractivity contribution is -0.309. The van der Waals surface area contributed by atoms with Gasteiger partial charge >= 0.3 is 5.97 Å². The summed E-state index contributed by atoms with van der Waals surface area (Å²) < 4.78 is 11.4. The van der Waals surface area contributed by atoms with Crippen molar-refractivity contribution in [1.29, 1.82) is 0 Å². The predicted molar refractivity (Wildman–Crippen MR) is 117 cm³/mol. The van der Waals surface area contributed by atoms with Gasteiger partial charge in [0.1, 0.15) is 18.3 Å². The molecule has 0 amide bonds. The van der Waals surface area contributed by atoms with Crippen molar-refractivity contribution in [2.75, 3.05) is 0 Å². The number of aliphatic hydroxyl groups excluding tert-OH is 4. The molecule has 0 aromatic rings. The monoisotopic (exact) mass is 468 g/mol. The van der Waals surface area contributed by atoms with E-state index >= 15 is 0 Å². The van der Waals surface area contributed by atoms with Crippen molar-refractivity contribution < 1.29 is 39.8 Å². The molecule has 0 radical (unpaired) electrons. The van der Waals surface area contributed by atoms with Crippen molar-refractivity contribution in [1.82, 2.24) is 0 Å². The first kappa shape index (κ1) is 23.9. The van der Waals surface area contributed by atoms with Crippen LogP contribution in [0.15, 0.2) is 0 Å². The Labute approximate surface area is 195 Å². The second kappa shape index (κ2) is 8.42. The summed E-state index contributed by atoms with van der Waals surface area (Å²) in [6, 6.07) is 0. The van der Waals surface area contributed by atoms with Crippen LogP contribution in [0.3, 0.4) is 0 Å². The van der Waals surface area contributed by atoms with E-state index in [1.54, 1.807) is 0 Å². The van der Waals surface area contributed by atoms with Gasteiger partial charge in [0.2, 0.25) is 0 Å². The minimum atomic E-state index is -1.70. The second-order valence-electron chi connectivity index (χ2n) is 12.1. The van der Waals surface area contributed by atoms with E-state index in [4.69, 9.17) is 9.47 Å². The third-order valence-electron chi connectivity index (χ3n) is 10.7. The molecule has 5 aliphatic rings. The Hall–Kier alpha value is -0.770. The van der Waals surface area contributed by atoms with E-state index in [1.807, 2.05) is 0 Å². The lowest BCUT2D eigenvalue weighted by atomic mass is 9.45. The minimum Gasteiger partial charge on any atom is -0.479 e. The zero-order chi connectivity index (χ0) is 23.7. The smallest absolute Gasteiger partial charge is 0.335 e. The summed E-state index contributed by atoms with van der Waals surface area (Å²) in [6.45, 7) is 4.74. The molecule has 5 fully saturated rings. The summed E-state index contributed by atoms with van der Waals surface area (Å²) in [5, 5.41) is 50.3. The molecule has 1 aliphatic heterocycles. The van der Waals surface area contributed by atoms with E-state index in [2.05, 4.69) is 13.8 Å². The Morgan fingerprint density at radius 1 is 0.848 bits per heavy atom. The number of hydrogen-bond donors (Lipinski definition) is 5. The Kier molecular flexibility index (Phi) is 6.11. The van der Waals surface area contributed by atoms with E-state index in [1.165, 1.54) is 12.8 Å². The zero-order valence-corrected chi connectivity index (χ0v) is 19.7. The number of ether oxygens (including phenoxy) is 2. The van der Waals surface area contributed by atoms with Crippen molar-refractivity contribution in [3.05, 3.63) is 0 Å². The van der Waals surface area contributed by atoms with Crippen LogP contribution < -0.4 is 0 Å². The largest absolute Gasteiger partial charge is 0.479 e. The topological polar surface area (TPSA) is 137 Å². The molecule has 188 valence electrons. The fraction of sp³-hybridized carbons (Fsp3) is 0.960. The van der Waals surface area contributed by atoms with Crippen molar-refractivity contribution in [2.24, 2.45) is 34.5 Å². The Morgan fingerprint density at radius 2 is 1.55 bits per heavy atom. The molecular formula is C25H40O8. The Bertz CT molecular complexity index is 761. The van der Waals surface area contributed by atoms with Crippen LogP contribution >= 0.6 is 0 Å². The molecule has 1 saturated heterocycles. The number of hydrogen-bond acceptors (Lipinski definition) is 7. The van der Waals surface area contributed by atoms with Crippen molar-refractivity contribution >= 4 is 5.97 Å². The highest BCUT2D eigenvalue weighted by Crippen LogP contribution is 2.66. The minimum absolute atomic E-state index is 0.0746. The molecule has 1 unspecified atom stereocenters. The van der Waals surface area contributed by atoms with Crippen LogP contribution in [0, 0.1) is 34.5 Å². The van der Waals surface area contributed by atoms with Crippen LogP contribution in [-0.2, 0) is 14.3 Å². The molecule has 8 nitrogen and oxygen atoms in total. The number of carbonyl (C=O) groups is 1. The molecule has 5 N–H and O–H groups in total. The molecule has 0 spiro atoms. The highest BCUT2D eigenvalue weighted by molar-refractivity contribution is 5.73. The SMILES string of the molecule is C[C@]12CC[C@@H](OC3O[C@H](C(=O)O)[C@@H](O)[C@H](O)[C@H]3O)C[C@@H]1CC[C@@H]1[C@@H]2CC[C@]2(C)[C@@H](O)CC[C@@H]12. The number of fused-ring (bicyclic) bond motifs is 5. The van der Waals surface area contributed by atoms with Gasteiger partial charge in [0, 0.05) is 0 Å². The first-order valence-electron chi connectivity index (χ1n) is 12.8. The highest BCUT2D eigenvalue weighted by atomic mass is 16.7. The van der Waals surface area contributed by atoms with Crippen LogP contribution in [0.2, 0.25) is 0 Å². The molecule has 0 aromatic carbocycles. The molecule has 4 aliphatic carbocycles. The van der Waals surface area contributed by atoms with E-state index in [0.29, 0.717) is 23.7 Å². The molecular weight excluding hydrogens is 428 g/mol. The van der Waals surface area contributed by atoms with Gasteiger partial charge < -0.3 is 35.0 Å². The number of carboxylic acid groups (broad SMARTS) is 1. The molecule has 13 atom stereocenters. The predicted octanol–water partition coefficient (Wildman–Crippen LogP) is 1.67. The fourth-order valence-corrected chi connectivity index (χ4v) is 8.67. The van der Waals surface area contributed by atoms with Gasteiger partial charge in [0.15, 0.2) is 12.4 Å². The summed E-state index contributed by atoms with van der Waals surface area (Å²) in [5.41, 5.74) is 0.300. The van der Waals surface area contributed by atoms with E-state index < -0.39 is 36.7 Å². The second-order valence-corrected chi connectivity index (χ2v) is 12.1. The first-order chi connectivity index (χ1) is 15.6. The maximum absolute atomic E-state index is 11.4. The quantitative estimate of drug-likeness (QED) is 0.395. The Morgan fingerprint density at radius 3 is 2.27 bits per heavy atom. The summed E-state index contributed by atoms with van der Waals surface area (Å²) in [5.74, 6) is 1.05. The molecule has 5 rings (SSSR count). The third-order valence-corrected chi connectivity index (χ3v) is 10.7. The molecule has 33 heavy (non-hydrogen) atoms. The molecule has 0 bridgehead atoms. The fourth-order valence-electron chi connectivity index (χ4n) is 8.67. The maximum Gasteiger partial charge on any atom is 0.335 e. The molecule has 1 heterocycles. The molecule has 8 heteroatoms. The average molecular weight is 469 g/mol. The Balaban J connectivity index is 1.26. The van der Waals surface area contributed by atoms with Crippen molar-refractivity contribution in [3.63, 3.8) is 0 Å². The average Bonchev–Trinajstić information content (AvgIpc) is 3.08. The van der Waals surface area contributed by atoms with Crippen LogP contribution in [0.5, 0.6) is 0 Å². The summed E-state index contributed by atoms with van der Waals surface area (Å²) in [7, 11) is 0. The number of aliphatic carboxylic acids is 1. The van der Waals surface area contributed by atoms with E-state index in [9.17, 15) is 30.3 Å². The number of carboxylic acids is 1. The van der Waals surface area contributed by atoms with Crippen molar-refractivity contribution in [2.45, 2.75) is 115 Å². The number of rotatable bonds is 3. The van der Waals surface area contributed by atoms with Gasteiger partial charge in [-0.2, -0.15) is 0 Å². The summed E-state index contributed by atoms with van der Waals surface area (Å²) in [6.07, 6.45) is 1.19. The van der Waals surface area contributed by atoms with Gasteiger partial charge in [0.05, 0.1) is 12.2 Å². The lowest BCUT2D eigenvalue weighted by Gasteiger charge is -2.61. The zero-order valence-electron chi connectivity index (χ0n) is 19.7. The highest BCUT2D eigenvalue weighted by Gasteiger charge is 2.60. The van der Waals surface area contributed by atoms with Crippen LogP contribution in [0.1, 0.15) is 71.6 Å². The van der Waals surface area contributed by atoms with E-state index in [0.717, 1.165) is 44.9 Å². The maximum atomic E-state index is 11.4. The first-order valence-corrected chi connectivity index (χ1v) is 12.8. The van der Waals surface area contributed by atoms with Gasteiger partial charge in [-0.3, -0.25) is 0 Å². The standard InChI is InChI=1S/C25H40O8/c1-24-9-7-13(32-23-20(29)18(27)19(28)21(33-23)22(30)31)11-12(24)3-4-14-15-5-6-17(26)25(15,2)10-8-16(14)24/h12-21,23,26-29H,3-11H2,1-2H3,(H,30,31)/t12-,13+,14-,15-,16-,17-,18-,19-,20+,21-,23?,24-,25-/m0/s1. The lowest BCUT2D eigenvalue weighted by Crippen LogP contribution is -2.61. The van der Waals surface area contributed by atoms with Gasteiger partial charge in [-0.05, 0) is 92.3 Å². The van der Waals surface area contributed by atoms with Gasteiger partial charge in [-0.25, -0.2) is 4.79 Å². The van der Waals surface area contributed by atoms with Crippen LogP contribution in [0.25, 0.3) is 0 Å². The van der Waals surface area contributed by atoms with Crippen LogP contribution in [-0.4, -0.2) is 74.4 Å². The van der Waals surface area contributed by atoms with Gasteiger partial charge in [0.25, 0.3) is 0 Å².